The number of rotatable bonds is 5. The van der Waals surface area contributed by atoms with Crippen molar-refractivity contribution >= 4 is 33.0 Å². The quantitative estimate of drug-likeness (QED) is 0.854. The van der Waals surface area contributed by atoms with Crippen molar-refractivity contribution in [3.05, 3.63) is 39.0 Å². The molecule has 19 heavy (non-hydrogen) atoms. The first-order valence-electron chi connectivity index (χ1n) is 5.88. The third-order valence-corrected chi connectivity index (χ3v) is 4.59. The zero-order valence-electron chi connectivity index (χ0n) is 11.1. The Morgan fingerprint density at radius 2 is 1.84 bits per heavy atom. The van der Waals surface area contributed by atoms with Gasteiger partial charge in [0.05, 0.1) is 24.0 Å². The maximum Gasteiger partial charge on any atom is 0.162 e. The van der Waals surface area contributed by atoms with Crippen LogP contribution in [0, 0.1) is 0 Å². The zero-order valence-corrected chi connectivity index (χ0v) is 13.5. The molecule has 0 fully saturated rings. The summed E-state index contributed by atoms with van der Waals surface area (Å²) in [6.07, 6.45) is 0. The van der Waals surface area contributed by atoms with E-state index in [2.05, 4.69) is 40.3 Å². The summed E-state index contributed by atoms with van der Waals surface area (Å²) in [5, 5.41) is 3.45. The third-order valence-electron chi connectivity index (χ3n) is 2.79. The van der Waals surface area contributed by atoms with Crippen molar-refractivity contribution in [3.8, 4) is 11.5 Å². The maximum atomic E-state index is 5.30. The van der Waals surface area contributed by atoms with E-state index in [1.807, 2.05) is 18.2 Å². The second-order valence-corrected chi connectivity index (χ2v) is 6.57. The molecular weight excluding hydrogens is 326 g/mol. The van der Waals surface area contributed by atoms with Crippen LogP contribution in [0.25, 0.3) is 0 Å². The molecule has 0 saturated carbocycles. The highest BCUT2D eigenvalue weighted by atomic mass is 79.9. The Morgan fingerprint density at radius 3 is 2.42 bits per heavy atom. The van der Waals surface area contributed by atoms with E-state index in [4.69, 9.17) is 9.47 Å². The number of nitrogens with one attached hydrogen (secondary N) is 1. The van der Waals surface area contributed by atoms with Crippen molar-refractivity contribution in [3.63, 3.8) is 0 Å². The van der Waals surface area contributed by atoms with Gasteiger partial charge in [0.25, 0.3) is 0 Å². The smallest absolute Gasteiger partial charge is 0.162 e. The molecule has 0 spiro atoms. The van der Waals surface area contributed by atoms with Crippen LogP contribution in [-0.4, -0.2) is 14.2 Å². The highest BCUT2D eigenvalue weighted by Crippen LogP contribution is 2.33. The van der Waals surface area contributed by atoms with Crippen LogP contribution >= 0.6 is 27.3 Å². The summed E-state index contributed by atoms with van der Waals surface area (Å²) < 4.78 is 11.7. The summed E-state index contributed by atoms with van der Waals surface area (Å²) >= 11 is 5.21. The molecular formula is C14H16BrNO2S. The molecule has 0 bridgehead atoms. The van der Waals surface area contributed by atoms with Crippen LogP contribution in [0.1, 0.15) is 17.8 Å². The minimum atomic E-state index is 0.245. The van der Waals surface area contributed by atoms with Gasteiger partial charge in [0.1, 0.15) is 0 Å². The van der Waals surface area contributed by atoms with Gasteiger partial charge in [-0.25, -0.2) is 0 Å². The lowest BCUT2D eigenvalue weighted by molar-refractivity contribution is 0.355. The molecule has 2 aromatic rings. The predicted octanol–water partition coefficient (Wildman–Crippen LogP) is 4.70. The van der Waals surface area contributed by atoms with Crippen LogP contribution in [0.15, 0.2) is 34.1 Å². The number of anilines is 1. The molecule has 1 heterocycles. The highest BCUT2D eigenvalue weighted by Gasteiger charge is 2.10. The molecule has 1 aromatic heterocycles. The van der Waals surface area contributed by atoms with Crippen molar-refractivity contribution < 1.29 is 9.47 Å². The first-order chi connectivity index (χ1) is 9.13. The Bertz CT molecular complexity index is 556. The van der Waals surface area contributed by atoms with Gasteiger partial charge in [-0.1, -0.05) is 0 Å². The van der Waals surface area contributed by atoms with Crippen molar-refractivity contribution in [2.75, 3.05) is 19.5 Å². The summed E-state index contributed by atoms with van der Waals surface area (Å²) in [6.45, 7) is 2.13. The topological polar surface area (TPSA) is 30.5 Å². The van der Waals surface area contributed by atoms with Crippen molar-refractivity contribution in [2.45, 2.75) is 13.0 Å². The lowest BCUT2D eigenvalue weighted by Crippen LogP contribution is -2.05. The maximum absolute atomic E-state index is 5.30. The molecule has 1 atom stereocenters. The van der Waals surface area contributed by atoms with Crippen LogP contribution in [0.3, 0.4) is 0 Å². The number of hydrogen-bond acceptors (Lipinski definition) is 4. The molecule has 0 aliphatic rings. The van der Waals surface area contributed by atoms with Crippen molar-refractivity contribution in [2.24, 2.45) is 0 Å². The largest absolute Gasteiger partial charge is 0.493 e. The number of methoxy groups -OCH3 is 2. The van der Waals surface area contributed by atoms with Gasteiger partial charge in [-0.05, 0) is 47.1 Å². The van der Waals surface area contributed by atoms with Gasteiger partial charge in [0.15, 0.2) is 11.5 Å². The average Bonchev–Trinajstić information content (AvgIpc) is 2.85. The molecule has 102 valence electrons. The molecule has 0 aliphatic carbocycles. The van der Waals surface area contributed by atoms with Crippen LogP contribution in [0.4, 0.5) is 5.69 Å². The molecule has 1 unspecified atom stereocenters. The van der Waals surface area contributed by atoms with Gasteiger partial charge in [0.2, 0.25) is 0 Å². The van der Waals surface area contributed by atoms with Gasteiger partial charge in [-0.15, -0.1) is 11.3 Å². The lowest BCUT2D eigenvalue weighted by atomic mass is 10.2. The minimum absolute atomic E-state index is 0.245. The van der Waals surface area contributed by atoms with Crippen LogP contribution in [0.2, 0.25) is 0 Å². The van der Waals surface area contributed by atoms with Gasteiger partial charge < -0.3 is 14.8 Å². The Kier molecular flexibility index (Phi) is 4.71. The van der Waals surface area contributed by atoms with Crippen molar-refractivity contribution in [1.82, 2.24) is 0 Å². The summed E-state index contributed by atoms with van der Waals surface area (Å²) in [5.41, 5.74) is 1.01. The summed E-state index contributed by atoms with van der Waals surface area (Å²) in [5.74, 6) is 1.46. The number of thiophene rings is 1. The molecule has 2 rings (SSSR count). The van der Waals surface area contributed by atoms with E-state index in [9.17, 15) is 0 Å². The molecule has 5 heteroatoms. The Labute approximate surface area is 125 Å². The lowest BCUT2D eigenvalue weighted by Gasteiger charge is -2.15. The first-order valence-corrected chi connectivity index (χ1v) is 7.48. The van der Waals surface area contributed by atoms with E-state index in [0.717, 1.165) is 21.0 Å². The fourth-order valence-electron chi connectivity index (χ4n) is 1.81. The van der Waals surface area contributed by atoms with Gasteiger partial charge >= 0.3 is 0 Å². The highest BCUT2D eigenvalue weighted by molar-refractivity contribution is 9.11. The normalized spacial score (nSPS) is 12.0. The van der Waals surface area contributed by atoms with Crippen LogP contribution < -0.4 is 14.8 Å². The third kappa shape index (κ3) is 3.42. The average molecular weight is 342 g/mol. The number of ether oxygens (including phenoxy) is 2. The monoisotopic (exact) mass is 341 g/mol. The standard InChI is InChI=1S/C14H16BrNO2S/c1-9(13-6-7-14(15)19-13)16-10-4-5-11(17-2)12(8-10)18-3/h4-9,16H,1-3H3. The van der Waals surface area contributed by atoms with E-state index in [-0.39, 0.29) is 6.04 Å². The summed E-state index contributed by atoms with van der Waals surface area (Å²) in [7, 11) is 3.28. The molecule has 0 radical (unpaired) electrons. The first kappa shape index (κ1) is 14.2. The molecule has 0 saturated heterocycles. The van der Waals surface area contributed by atoms with Crippen LogP contribution in [0.5, 0.6) is 11.5 Å². The van der Waals surface area contributed by atoms with E-state index in [1.165, 1.54) is 4.88 Å². The Morgan fingerprint density at radius 1 is 1.11 bits per heavy atom. The van der Waals surface area contributed by atoms with Gasteiger partial charge in [-0.3, -0.25) is 0 Å². The Hall–Kier alpha value is -1.20. The van der Waals surface area contributed by atoms with Gasteiger partial charge in [-0.2, -0.15) is 0 Å². The molecule has 0 aliphatic heterocycles. The summed E-state index contributed by atoms with van der Waals surface area (Å²) in [4.78, 5) is 1.28. The number of hydrogen-bond donors (Lipinski definition) is 1. The second kappa shape index (κ2) is 6.30. The van der Waals surface area contributed by atoms with Gasteiger partial charge in [0, 0.05) is 16.6 Å². The van der Waals surface area contributed by atoms with E-state index < -0.39 is 0 Å². The fourth-order valence-corrected chi connectivity index (χ4v) is 3.23. The van der Waals surface area contributed by atoms with E-state index in [1.54, 1.807) is 25.6 Å². The number of benzene rings is 1. The minimum Gasteiger partial charge on any atom is -0.493 e. The second-order valence-electron chi connectivity index (χ2n) is 4.08. The predicted molar refractivity (Wildman–Crippen MR) is 83.6 cm³/mol. The Balaban J connectivity index is 2.14. The zero-order chi connectivity index (χ0) is 13.8. The SMILES string of the molecule is COc1ccc(NC(C)c2ccc(Br)s2)cc1OC. The molecule has 1 aromatic carbocycles. The summed E-state index contributed by atoms with van der Waals surface area (Å²) in [6, 6.07) is 10.3. The molecule has 0 amide bonds. The number of halogens is 1. The molecule has 1 N–H and O–H groups in total. The van der Waals surface area contributed by atoms with Crippen molar-refractivity contribution in [1.29, 1.82) is 0 Å². The van der Waals surface area contributed by atoms with Crippen LogP contribution in [-0.2, 0) is 0 Å². The van der Waals surface area contributed by atoms with E-state index in [0.29, 0.717) is 0 Å². The fraction of sp³-hybridized carbons (Fsp3) is 0.286. The molecule has 3 nitrogen and oxygen atoms in total. The van der Waals surface area contributed by atoms with E-state index >= 15 is 0 Å².